The second kappa shape index (κ2) is 6.33. The molecule has 3 aliphatic rings. The maximum atomic E-state index is 11.9. The molecule has 12 nitrogen and oxygen atoms in total. The van der Waals surface area contributed by atoms with Crippen LogP contribution in [0.15, 0.2) is 0 Å². The van der Waals surface area contributed by atoms with Crippen molar-refractivity contribution in [1.82, 2.24) is 20.9 Å². The standard InChI is InChI=1S/C10H20N5O7P/c11-10-13-8-7(9(17)14-10)12-3-15(8)6-1-4(16)5(22-6)2-21-23(18,19)20/h4-8,10,12-13,16H,1-3,11H2,(H,14,17)(H2,18,19,20)/t4-,5+,6+,7?,8?,10?/m0/s1. The van der Waals surface area contributed by atoms with Crippen LogP contribution < -0.4 is 21.7 Å². The molecule has 3 saturated heterocycles. The van der Waals surface area contributed by atoms with Crippen molar-refractivity contribution >= 4 is 13.7 Å². The van der Waals surface area contributed by atoms with E-state index in [-0.39, 0.29) is 12.3 Å². The Morgan fingerprint density at radius 2 is 2.22 bits per heavy atom. The molecule has 132 valence electrons. The van der Waals surface area contributed by atoms with Crippen LogP contribution in [0.25, 0.3) is 0 Å². The fourth-order valence-corrected chi connectivity index (χ4v) is 3.36. The van der Waals surface area contributed by atoms with E-state index in [4.69, 9.17) is 20.3 Å². The van der Waals surface area contributed by atoms with E-state index in [1.165, 1.54) is 0 Å². The van der Waals surface area contributed by atoms with Gasteiger partial charge in [-0.25, -0.2) is 9.46 Å². The number of nitrogens with one attached hydrogen (secondary N) is 3. The molecule has 0 aromatic heterocycles. The molecule has 0 saturated carbocycles. The maximum absolute atomic E-state index is 11.9. The van der Waals surface area contributed by atoms with Crippen LogP contribution >= 0.6 is 7.82 Å². The fourth-order valence-electron chi connectivity index (χ4n) is 3.02. The van der Waals surface area contributed by atoms with Gasteiger partial charge in [-0.15, -0.1) is 0 Å². The van der Waals surface area contributed by atoms with Crippen molar-refractivity contribution in [3.63, 3.8) is 0 Å². The summed E-state index contributed by atoms with van der Waals surface area (Å²) in [6.45, 7) is -0.0866. The van der Waals surface area contributed by atoms with Crippen LogP contribution in [0.3, 0.4) is 0 Å². The smallest absolute Gasteiger partial charge is 0.390 e. The van der Waals surface area contributed by atoms with Gasteiger partial charge in [0.25, 0.3) is 0 Å². The van der Waals surface area contributed by atoms with E-state index in [1.54, 1.807) is 4.90 Å². The Balaban J connectivity index is 1.62. The van der Waals surface area contributed by atoms with E-state index < -0.39 is 51.4 Å². The summed E-state index contributed by atoms with van der Waals surface area (Å²) < 4.78 is 20.7. The molecule has 0 radical (unpaired) electrons. The molecule has 1 amide bonds. The van der Waals surface area contributed by atoms with Crippen molar-refractivity contribution in [3.05, 3.63) is 0 Å². The predicted octanol–water partition coefficient (Wildman–Crippen LogP) is -3.91. The Morgan fingerprint density at radius 3 is 2.91 bits per heavy atom. The van der Waals surface area contributed by atoms with Gasteiger partial charge in [0.2, 0.25) is 5.91 Å². The highest BCUT2D eigenvalue weighted by molar-refractivity contribution is 7.46. The van der Waals surface area contributed by atoms with Gasteiger partial charge < -0.3 is 24.9 Å². The highest BCUT2D eigenvalue weighted by Gasteiger charge is 2.49. The second-order valence-corrected chi connectivity index (χ2v) is 6.91. The van der Waals surface area contributed by atoms with E-state index in [0.29, 0.717) is 6.67 Å². The summed E-state index contributed by atoms with van der Waals surface area (Å²) in [5, 5.41) is 18.6. The molecule has 13 heteroatoms. The zero-order chi connectivity index (χ0) is 16.8. The number of hydrogen-bond donors (Lipinski definition) is 7. The fraction of sp³-hybridized carbons (Fsp3) is 0.900. The summed E-state index contributed by atoms with van der Waals surface area (Å²) in [6, 6.07) is -0.499. The van der Waals surface area contributed by atoms with Gasteiger partial charge in [0, 0.05) is 6.42 Å². The molecule has 6 atom stereocenters. The SMILES string of the molecule is NC1NC(=O)C2NCN([C@H]3C[C@H](O)[C@@H](COP(=O)(O)O)O3)C2N1. The van der Waals surface area contributed by atoms with Crippen molar-refractivity contribution in [3.8, 4) is 0 Å². The maximum Gasteiger partial charge on any atom is 0.469 e. The Labute approximate surface area is 131 Å². The first kappa shape index (κ1) is 17.2. The largest absolute Gasteiger partial charge is 0.469 e. The number of fused-ring (bicyclic) bond motifs is 1. The second-order valence-electron chi connectivity index (χ2n) is 5.67. The molecule has 0 bridgehead atoms. The van der Waals surface area contributed by atoms with Crippen molar-refractivity contribution in [2.75, 3.05) is 13.3 Å². The lowest BCUT2D eigenvalue weighted by atomic mass is 10.1. The number of hydrogen-bond acceptors (Lipinski definition) is 9. The average molecular weight is 353 g/mol. The highest BCUT2D eigenvalue weighted by atomic mass is 31.2. The number of amides is 1. The van der Waals surface area contributed by atoms with Crippen LogP contribution in [0, 0.1) is 0 Å². The zero-order valence-corrected chi connectivity index (χ0v) is 12.9. The minimum Gasteiger partial charge on any atom is -0.390 e. The topological polar surface area (TPSA) is 179 Å². The van der Waals surface area contributed by atoms with Crippen molar-refractivity contribution < 1.29 is 33.5 Å². The third-order valence-electron chi connectivity index (χ3n) is 4.08. The molecule has 3 unspecified atom stereocenters. The average Bonchev–Trinajstić information content (AvgIpc) is 2.99. The van der Waals surface area contributed by atoms with Gasteiger partial charge in [0.05, 0.1) is 25.5 Å². The number of nitrogens with zero attached hydrogens (tertiary/aromatic N) is 1. The Hall–Kier alpha value is -0.660. The number of aliphatic hydroxyl groups excluding tert-OH is 1. The summed E-state index contributed by atoms with van der Waals surface area (Å²) in [7, 11) is -4.63. The van der Waals surface area contributed by atoms with Gasteiger partial charge in [-0.3, -0.25) is 25.7 Å². The van der Waals surface area contributed by atoms with E-state index >= 15 is 0 Å². The quantitative estimate of drug-likeness (QED) is 0.246. The summed E-state index contributed by atoms with van der Waals surface area (Å²) in [5.74, 6) is -0.233. The first-order chi connectivity index (χ1) is 10.7. The molecule has 23 heavy (non-hydrogen) atoms. The van der Waals surface area contributed by atoms with Crippen LogP contribution in [0.1, 0.15) is 6.42 Å². The first-order valence-electron chi connectivity index (χ1n) is 7.09. The number of phosphoric acid groups is 1. The Kier molecular flexibility index (Phi) is 4.73. The van der Waals surface area contributed by atoms with Crippen LogP contribution in [0.4, 0.5) is 0 Å². The van der Waals surface area contributed by atoms with Gasteiger partial charge >= 0.3 is 7.82 Å². The van der Waals surface area contributed by atoms with Crippen LogP contribution in [-0.4, -0.2) is 75.9 Å². The normalized spacial score (nSPS) is 41.8. The summed E-state index contributed by atoms with van der Waals surface area (Å²) in [5.41, 5.74) is 5.70. The zero-order valence-electron chi connectivity index (χ0n) is 12.0. The summed E-state index contributed by atoms with van der Waals surface area (Å²) >= 11 is 0. The van der Waals surface area contributed by atoms with Crippen LogP contribution in [0.5, 0.6) is 0 Å². The number of rotatable bonds is 4. The lowest BCUT2D eigenvalue weighted by Crippen LogP contribution is -2.70. The lowest BCUT2D eigenvalue weighted by molar-refractivity contribution is -0.130. The van der Waals surface area contributed by atoms with E-state index in [1.807, 2.05) is 0 Å². The highest BCUT2D eigenvalue weighted by Crippen LogP contribution is 2.37. The molecule has 0 aromatic carbocycles. The molecule has 3 rings (SSSR count). The van der Waals surface area contributed by atoms with Gasteiger partial charge in [-0.05, 0) is 0 Å². The van der Waals surface area contributed by atoms with Crippen molar-refractivity contribution in [1.29, 1.82) is 0 Å². The molecule has 8 N–H and O–H groups in total. The van der Waals surface area contributed by atoms with Crippen LogP contribution in [-0.2, 0) is 18.6 Å². The molecular formula is C10H20N5O7P. The summed E-state index contributed by atoms with van der Waals surface area (Å²) in [4.78, 5) is 31.1. The molecule has 3 heterocycles. The number of nitrogens with two attached hydrogens (primary N) is 1. The monoisotopic (exact) mass is 353 g/mol. The van der Waals surface area contributed by atoms with Gasteiger partial charge in [0.15, 0.2) is 0 Å². The molecular weight excluding hydrogens is 333 g/mol. The van der Waals surface area contributed by atoms with E-state index in [0.717, 1.165) is 0 Å². The molecule has 0 aliphatic carbocycles. The number of carbonyl (C=O) groups is 1. The van der Waals surface area contributed by atoms with E-state index in [2.05, 4.69) is 20.5 Å². The minimum absolute atomic E-state index is 0.221. The van der Waals surface area contributed by atoms with Gasteiger partial charge in [-0.2, -0.15) is 0 Å². The lowest BCUT2D eigenvalue weighted by Gasteiger charge is -2.37. The third-order valence-corrected chi connectivity index (χ3v) is 4.56. The number of aliphatic hydroxyl groups is 1. The Bertz CT molecular complexity index is 518. The first-order valence-corrected chi connectivity index (χ1v) is 8.62. The van der Waals surface area contributed by atoms with Gasteiger partial charge in [0.1, 0.15) is 24.7 Å². The van der Waals surface area contributed by atoms with Crippen molar-refractivity contribution in [2.45, 2.75) is 43.4 Å². The number of carbonyl (C=O) groups excluding carboxylic acids is 1. The third kappa shape index (κ3) is 3.72. The van der Waals surface area contributed by atoms with Gasteiger partial charge in [-0.1, -0.05) is 0 Å². The molecule has 3 aliphatic heterocycles. The van der Waals surface area contributed by atoms with Crippen molar-refractivity contribution in [2.24, 2.45) is 5.73 Å². The Morgan fingerprint density at radius 1 is 1.48 bits per heavy atom. The number of ether oxygens (including phenoxy) is 1. The number of phosphoric ester groups is 1. The predicted molar refractivity (Wildman–Crippen MR) is 74.0 cm³/mol. The molecule has 3 fully saturated rings. The minimum atomic E-state index is -4.63. The van der Waals surface area contributed by atoms with Crippen LogP contribution in [0.2, 0.25) is 0 Å². The molecule has 0 aromatic rings. The summed E-state index contributed by atoms with van der Waals surface area (Å²) in [6.07, 6.45) is -3.21. The molecule has 0 spiro atoms. The van der Waals surface area contributed by atoms with E-state index in [9.17, 15) is 14.5 Å².